The van der Waals surface area contributed by atoms with E-state index in [4.69, 9.17) is 4.74 Å². The van der Waals surface area contributed by atoms with Gasteiger partial charge in [0.1, 0.15) is 5.75 Å². The summed E-state index contributed by atoms with van der Waals surface area (Å²) < 4.78 is 5.61. The molecular formula is C15H22N2O2. The molecule has 0 radical (unpaired) electrons. The summed E-state index contributed by atoms with van der Waals surface area (Å²) in [4.78, 5) is 11.2. The van der Waals surface area contributed by atoms with Gasteiger partial charge in [-0.1, -0.05) is 19.1 Å². The Morgan fingerprint density at radius 2 is 2.32 bits per heavy atom. The number of ether oxygens (including phenoxy) is 1. The summed E-state index contributed by atoms with van der Waals surface area (Å²) >= 11 is 0. The van der Waals surface area contributed by atoms with E-state index < -0.39 is 0 Å². The lowest BCUT2D eigenvalue weighted by molar-refractivity contribution is -0.122. The van der Waals surface area contributed by atoms with Crippen LogP contribution in [-0.4, -0.2) is 26.1 Å². The first kappa shape index (κ1) is 13.9. The molecule has 2 N–H and O–H groups in total. The van der Waals surface area contributed by atoms with E-state index >= 15 is 0 Å². The van der Waals surface area contributed by atoms with Crippen molar-refractivity contribution in [3.8, 4) is 5.75 Å². The van der Waals surface area contributed by atoms with Crippen molar-refractivity contribution in [1.29, 1.82) is 0 Å². The fourth-order valence-corrected chi connectivity index (χ4v) is 2.50. The van der Waals surface area contributed by atoms with Crippen molar-refractivity contribution in [1.82, 2.24) is 10.6 Å². The SMILES string of the molecule is CCCNC1CCc2c(OCC(=O)NC)cccc21. The third kappa shape index (κ3) is 3.26. The predicted molar refractivity (Wildman–Crippen MR) is 75.4 cm³/mol. The summed E-state index contributed by atoms with van der Waals surface area (Å²) in [7, 11) is 1.62. The Morgan fingerprint density at radius 1 is 1.47 bits per heavy atom. The Kier molecular flexibility index (Phi) is 4.80. The first-order valence-corrected chi connectivity index (χ1v) is 6.94. The van der Waals surface area contributed by atoms with Gasteiger partial charge in [-0.15, -0.1) is 0 Å². The summed E-state index contributed by atoms with van der Waals surface area (Å²) in [6, 6.07) is 6.54. The van der Waals surface area contributed by atoms with Crippen LogP contribution in [0.1, 0.15) is 36.9 Å². The molecule has 1 aliphatic rings. The van der Waals surface area contributed by atoms with Crippen LogP contribution in [0.3, 0.4) is 0 Å². The number of carbonyl (C=O) groups is 1. The van der Waals surface area contributed by atoms with E-state index in [0.717, 1.165) is 31.6 Å². The zero-order valence-corrected chi connectivity index (χ0v) is 11.7. The van der Waals surface area contributed by atoms with Crippen LogP contribution in [0, 0.1) is 0 Å². The van der Waals surface area contributed by atoms with Gasteiger partial charge < -0.3 is 15.4 Å². The molecule has 1 atom stereocenters. The molecule has 0 heterocycles. The number of likely N-dealkylation sites (N-methyl/N-ethyl adjacent to an activating group) is 1. The van der Waals surface area contributed by atoms with Gasteiger partial charge in [0.05, 0.1) is 0 Å². The summed E-state index contributed by atoms with van der Waals surface area (Å²) in [5, 5.41) is 6.12. The summed E-state index contributed by atoms with van der Waals surface area (Å²) in [6.45, 7) is 3.29. The minimum absolute atomic E-state index is 0.0833. The highest BCUT2D eigenvalue weighted by Crippen LogP contribution is 2.36. The number of nitrogens with one attached hydrogen (secondary N) is 2. The standard InChI is InChI=1S/C15H22N2O2/c1-3-9-17-13-8-7-12-11(13)5-4-6-14(12)19-10-15(18)16-2/h4-6,13,17H,3,7-10H2,1-2H3,(H,16,18). The average Bonchev–Trinajstić information content (AvgIpc) is 2.86. The fourth-order valence-electron chi connectivity index (χ4n) is 2.50. The second-order valence-electron chi connectivity index (χ2n) is 4.83. The fraction of sp³-hybridized carbons (Fsp3) is 0.533. The molecule has 19 heavy (non-hydrogen) atoms. The van der Waals surface area contributed by atoms with Crippen molar-refractivity contribution in [2.75, 3.05) is 20.2 Å². The van der Waals surface area contributed by atoms with Crippen molar-refractivity contribution in [2.24, 2.45) is 0 Å². The van der Waals surface area contributed by atoms with Gasteiger partial charge in [-0.05, 0) is 43.0 Å². The van der Waals surface area contributed by atoms with Crippen LogP contribution in [0.4, 0.5) is 0 Å². The highest BCUT2D eigenvalue weighted by molar-refractivity contribution is 5.77. The van der Waals surface area contributed by atoms with Gasteiger partial charge >= 0.3 is 0 Å². The maximum atomic E-state index is 11.2. The van der Waals surface area contributed by atoms with E-state index in [1.165, 1.54) is 11.1 Å². The minimum Gasteiger partial charge on any atom is -0.483 e. The van der Waals surface area contributed by atoms with Crippen molar-refractivity contribution in [3.05, 3.63) is 29.3 Å². The lowest BCUT2D eigenvalue weighted by atomic mass is 10.1. The van der Waals surface area contributed by atoms with Crippen LogP contribution in [-0.2, 0) is 11.2 Å². The largest absolute Gasteiger partial charge is 0.483 e. The number of rotatable bonds is 6. The monoisotopic (exact) mass is 262 g/mol. The highest BCUT2D eigenvalue weighted by atomic mass is 16.5. The molecule has 1 aromatic carbocycles. The first-order valence-electron chi connectivity index (χ1n) is 6.94. The first-order chi connectivity index (χ1) is 9.26. The van der Waals surface area contributed by atoms with E-state index in [9.17, 15) is 4.79 Å². The average molecular weight is 262 g/mol. The molecule has 1 aromatic rings. The Hall–Kier alpha value is -1.55. The van der Waals surface area contributed by atoms with Crippen molar-refractivity contribution < 1.29 is 9.53 Å². The van der Waals surface area contributed by atoms with E-state index in [0.29, 0.717) is 6.04 Å². The third-order valence-electron chi connectivity index (χ3n) is 3.51. The lowest BCUT2D eigenvalue weighted by Gasteiger charge is -2.14. The van der Waals surface area contributed by atoms with Crippen LogP contribution < -0.4 is 15.4 Å². The number of hydrogen-bond donors (Lipinski definition) is 2. The van der Waals surface area contributed by atoms with Crippen LogP contribution in [0.25, 0.3) is 0 Å². The number of fused-ring (bicyclic) bond motifs is 1. The zero-order valence-electron chi connectivity index (χ0n) is 11.7. The molecule has 0 aliphatic heterocycles. The van der Waals surface area contributed by atoms with Crippen LogP contribution >= 0.6 is 0 Å². The molecule has 1 aliphatic carbocycles. The normalized spacial score (nSPS) is 17.1. The van der Waals surface area contributed by atoms with Gasteiger partial charge in [0.25, 0.3) is 5.91 Å². The van der Waals surface area contributed by atoms with Crippen LogP contribution in [0.5, 0.6) is 5.75 Å². The molecular weight excluding hydrogens is 240 g/mol. The second-order valence-corrected chi connectivity index (χ2v) is 4.83. The minimum atomic E-state index is -0.101. The topological polar surface area (TPSA) is 50.4 Å². The Balaban J connectivity index is 2.07. The molecule has 2 rings (SSSR count). The van der Waals surface area contributed by atoms with Gasteiger partial charge in [0, 0.05) is 13.1 Å². The number of amides is 1. The summed E-state index contributed by atoms with van der Waals surface area (Å²) in [6.07, 6.45) is 3.26. The maximum Gasteiger partial charge on any atom is 0.257 e. The van der Waals surface area contributed by atoms with E-state index in [2.05, 4.69) is 23.6 Å². The molecule has 104 valence electrons. The molecule has 4 nitrogen and oxygen atoms in total. The van der Waals surface area contributed by atoms with Crippen molar-refractivity contribution in [2.45, 2.75) is 32.2 Å². The Bertz CT molecular complexity index is 446. The van der Waals surface area contributed by atoms with Gasteiger partial charge in [0.2, 0.25) is 0 Å². The zero-order chi connectivity index (χ0) is 13.7. The Morgan fingerprint density at radius 3 is 3.05 bits per heavy atom. The Labute approximate surface area is 114 Å². The quantitative estimate of drug-likeness (QED) is 0.822. The molecule has 0 saturated carbocycles. The molecule has 0 aromatic heterocycles. The van der Waals surface area contributed by atoms with Crippen molar-refractivity contribution >= 4 is 5.91 Å². The number of carbonyl (C=O) groups excluding carboxylic acids is 1. The predicted octanol–water partition coefficient (Wildman–Crippen LogP) is 1.80. The molecule has 1 amide bonds. The van der Waals surface area contributed by atoms with Gasteiger partial charge in [-0.2, -0.15) is 0 Å². The molecule has 1 unspecified atom stereocenters. The lowest BCUT2D eigenvalue weighted by Crippen LogP contribution is -2.25. The van der Waals surface area contributed by atoms with E-state index in [-0.39, 0.29) is 12.5 Å². The van der Waals surface area contributed by atoms with E-state index in [1.54, 1.807) is 7.05 Å². The van der Waals surface area contributed by atoms with Gasteiger partial charge in [-0.3, -0.25) is 4.79 Å². The second kappa shape index (κ2) is 6.57. The molecule has 0 bridgehead atoms. The molecule has 4 heteroatoms. The third-order valence-corrected chi connectivity index (χ3v) is 3.51. The van der Waals surface area contributed by atoms with Crippen LogP contribution in [0.2, 0.25) is 0 Å². The molecule has 0 fully saturated rings. The summed E-state index contributed by atoms with van der Waals surface area (Å²) in [5.41, 5.74) is 2.57. The van der Waals surface area contributed by atoms with Gasteiger partial charge in [-0.25, -0.2) is 0 Å². The van der Waals surface area contributed by atoms with E-state index in [1.807, 2.05) is 12.1 Å². The van der Waals surface area contributed by atoms with Crippen molar-refractivity contribution in [3.63, 3.8) is 0 Å². The van der Waals surface area contributed by atoms with Gasteiger partial charge in [0.15, 0.2) is 6.61 Å². The maximum absolute atomic E-state index is 11.2. The molecule has 0 spiro atoms. The van der Waals surface area contributed by atoms with Crippen LogP contribution in [0.15, 0.2) is 18.2 Å². The molecule has 0 saturated heterocycles. The summed E-state index contributed by atoms with van der Waals surface area (Å²) in [5.74, 6) is 0.748. The smallest absolute Gasteiger partial charge is 0.257 e. The number of hydrogen-bond acceptors (Lipinski definition) is 3. The highest BCUT2D eigenvalue weighted by Gasteiger charge is 2.24. The number of benzene rings is 1.